The maximum absolute atomic E-state index is 13.1. The van der Waals surface area contributed by atoms with Gasteiger partial charge in [0.1, 0.15) is 11.9 Å². The molecular weight excluding hydrogens is 333 g/mol. The average molecular weight is 349 g/mol. The van der Waals surface area contributed by atoms with Gasteiger partial charge in [-0.25, -0.2) is 9.18 Å². The maximum atomic E-state index is 13.1. The summed E-state index contributed by atoms with van der Waals surface area (Å²) >= 11 is 0. The first-order valence-corrected chi connectivity index (χ1v) is 8.52. The Balaban J connectivity index is 1.98. The van der Waals surface area contributed by atoms with Gasteiger partial charge in [-0.3, -0.25) is 9.00 Å². The zero-order chi connectivity index (χ0) is 17.5. The van der Waals surface area contributed by atoms with Gasteiger partial charge in [0, 0.05) is 16.2 Å². The lowest BCUT2D eigenvalue weighted by atomic mass is 10.1. The summed E-state index contributed by atoms with van der Waals surface area (Å²) in [5.74, 6) is -2.42. The summed E-state index contributed by atoms with van der Waals surface area (Å²) in [4.78, 5) is 23.9. The van der Waals surface area contributed by atoms with Gasteiger partial charge in [0.05, 0.1) is 10.8 Å². The number of carbonyl (C=O) groups is 2. The van der Waals surface area contributed by atoms with Gasteiger partial charge in [-0.15, -0.1) is 0 Å². The Morgan fingerprint density at radius 1 is 1.12 bits per heavy atom. The predicted octanol–water partition coefficient (Wildman–Crippen LogP) is 2.21. The molecule has 5 nitrogen and oxygen atoms in total. The second-order valence-corrected chi connectivity index (χ2v) is 6.60. The summed E-state index contributed by atoms with van der Waals surface area (Å²) in [7, 11) is -1.36. The Morgan fingerprint density at radius 2 is 1.83 bits per heavy atom. The molecule has 0 heterocycles. The Kier molecular flexibility index (Phi) is 6.20. The topological polar surface area (TPSA) is 83.5 Å². The Bertz CT molecular complexity index is 751. The SMILES string of the molecule is O=C(N[C@@H](CC[S@@](=O)c1ccccc1)C(=O)O)c1cccc(F)c1. The van der Waals surface area contributed by atoms with Crippen molar-refractivity contribution in [2.24, 2.45) is 0 Å². The van der Waals surface area contributed by atoms with E-state index in [2.05, 4.69) is 5.32 Å². The van der Waals surface area contributed by atoms with Crippen LogP contribution in [0.3, 0.4) is 0 Å². The van der Waals surface area contributed by atoms with Crippen molar-refractivity contribution in [2.45, 2.75) is 17.4 Å². The molecule has 0 aliphatic carbocycles. The van der Waals surface area contributed by atoms with Gasteiger partial charge >= 0.3 is 5.97 Å². The van der Waals surface area contributed by atoms with Crippen LogP contribution in [0.4, 0.5) is 4.39 Å². The van der Waals surface area contributed by atoms with Crippen LogP contribution in [0.25, 0.3) is 0 Å². The third-order valence-electron chi connectivity index (χ3n) is 3.29. The number of nitrogens with one attached hydrogen (secondary N) is 1. The van der Waals surface area contributed by atoms with Crippen molar-refractivity contribution in [3.8, 4) is 0 Å². The zero-order valence-corrected chi connectivity index (χ0v) is 13.5. The quantitative estimate of drug-likeness (QED) is 0.803. The molecule has 0 fully saturated rings. The van der Waals surface area contributed by atoms with Gasteiger partial charge in [0.2, 0.25) is 0 Å². The van der Waals surface area contributed by atoms with Crippen molar-refractivity contribution < 1.29 is 23.3 Å². The van der Waals surface area contributed by atoms with Crippen LogP contribution in [0, 0.1) is 5.82 Å². The van der Waals surface area contributed by atoms with Gasteiger partial charge in [-0.2, -0.15) is 0 Å². The number of carboxylic acid groups (broad SMARTS) is 1. The van der Waals surface area contributed by atoms with Crippen molar-refractivity contribution in [3.63, 3.8) is 0 Å². The van der Waals surface area contributed by atoms with Gasteiger partial charge in [0.25, 0.3) is 5.91 Å². The highest BCUT2D eigenvalue weighted by atomic mass is 32.2. The molecule has 0 aliphatic heterocycles. The minimum absolute atomic E-state index is 0.00209. The summed E-state index contributed by atoms with van der Waals surface area (Å²) in [6.07, 6.45) is -0.00209. The van der Waals surface area contributed by atoms with E-state index in [9.17, 15) is 23.3 Å². The van der Waals surface area contributed by atoms with Crippen LogP contribution in [-0.2, 0) is 15.6 Å². The van der Waals surface area contributed by atoms with E-state index in [0.717, 1.165) is 6.07 Å². The number of hydrogen-bond acceptors (Lipinski definition) is 3. The molecule has 2 aromatic rings. The van der Waals surface area contributed by atoms with Crippen LogP contribution < -0.4 is 5.32 Å². The molecule has 0 unspecified atom stereocenters. The minimum atomic E-state index is -1.36. The molecule has 2 N–H and O–H groups in total. The van der Waals surface area contributed by atoms with E-state index in [0.29, 0.717) is 4.90 Å². The molecule has 126 valence electrons. The van der Waals surface area contributed by atoms with E-state index in [4.69, 9.17) is 0 Å². The van der Waals surface area contributed by atoms with Gasteiger partial charge in [-0.05, 0) is 36.8 Å². The largest absolute Gasteiger partial charge is 0.480 e. The van der Waals surface area contributed by atoms with Gasteiger partial charge < -0.3 is 10.4 Å². The fourth-order valence-corrected chi connectivity index (χ4v) is 3.19. The van der Waals surface area contributed by atoms with E-state index < -0.39 is 34.5 Å². The lowest BCUT2D eigenvalue weighted by Crippen LogP contribution is -2.41. The third kappa shape index (κ3) is 4.99. The molecule has 0 saturated carbocycles. The molecular formula is C17H16FNO4S. The van der Waals surface area contributed by atoms with E-state index >= 15 is 0 Å². The first-order chi connectivity index (χ1) is 11.5. The summed E-state index contributed by atoms with van der Waals surface area (Å²) in [6.45, 7) is 0. The molecule has 0 radical (unpaired) electrons. The van der Waals surface area contributed by atoms with E-state index in [1.54, 1.807) is 30.3 Å². The molecule has 7 heteroatoms. The van der Waals surface area contributed by atoms with Crippen molar-refractivity contribution in [2.75, 3.05) is 5.75 Å². The van der Waals surface area contributed by atoms with Crippen molar-refractivity contribution in [3.05, 3.63) is 66.0 Å². The fourth-order valence-electron chi connectivity index (χ4n) is 2.04. The van der Waals surface area contributed by atoms with Crippen molar-refractivity contribution in [1.29, 1.82) is 0 Å². The first kappa shape index (κ1) is 17.8. The molecule has 2 rings (SSSR count). The average Bonchev–Trinajstić information content (AvgIpc) is 2.58. The van der Waals surface area contributed by atoms with Crippen LogP contribution >= 0.6 is 0 Å². The zero-order valence-electron chi connectivity index (χ0n) is 12.6. The molecule has 0 aromatic heterocycles. The third-order valence-corrected chi connectivity index (χ3v) is 4.69. The predicted molar refractivity (Wildman–Crippen MR) is 87.6 cm³/mol. The number of hydrogen-bond donors (Lipinski definition) is 2. The lowest BCUT2D eigenvalue weighted by molar-refractivity contribution is -0.139. The Morgan fingerprint density at radius 3 is 2.46 bits per heavy atom. The Hall–Kier alpha value is -2.54. The summed E-state index contributed by atoms with van der Waals surface area (Å²) in [5, 5.41) is 11.5. The lowest BCUT2D eigenvalue weighted by Gasteiger charge is -2.14. The summed E-state index contributed by atoms with van der Waals surface area (Å²) < 4.78 is 25.3. The summed E-state index contributed by atoms with van der Waals surface area (Å²) in [5.41, 5.74) is 0.0328. The van der Waals surface area contributed by atoms with E-state index in [1.807, 2.05) is 0 Å². The normalized spacial score (nSPS) is 13.0. The van der Waals surface area contributed by atoms with Crippen LogP contribution in [0.15, 0.2) is 59.5 Å². The van der Waals surface area contributed by atoms with E-state index in [1.165, 1.54) is 18.2 Å². The minimum Gasteiger partial charge on any atom is -0.480 e. The van der Waals surface area contributed by atoms with Crippen molar-refractivity contribution >= 4 is 22.7 Å². The van der Waals surface area contributed by atoms with Gasteiger partial charge in [-0.1, -0.05) is 24.3 Å². The molecule has 1 amide bonds. The summed E-state index contributed by atoms with van der Waals surface area (Å²) in [6, 6.07) is 12.4. The molecule has 0 bridgehead atoms. The number of benzene rings is 2. The molecule has 24 heavy (non-hydrogen) atoms. The number of aliphatic carboxylic acids is 1. The highest BCUT2D eigenvalue weighted by Gasteiger charge is 2.21. The van der Waals surface area contributed by atoms with Crippen LogP contribution in [-0.4, -0.2) is 33.0 Å². The number of amides is 1. The second kappa shape index (κ2) is 8.35. The molecule has 2 atom stereocenters. The fraction of sp³-hybridized carbons (Fsp3) is 0.176. The molecule has 0 saturated heterocycles. The monoisotopic (exact) mass is 349 g/mol. The number of carbonyl (C=O) groups excluding carboxylic acids is 1. The van der Waals surface area contributed by atoms with Crippen LogP contribution in [0.5, 0.6) is 0 Å². The molecule has 2 aromatic carbocycles. The Labute approximate surface area is 141 Å². The number of carboxylic acids is 1. The van der Waals surface area contributed by atoms with Gasteiger partial charge in [0.15, 0.2) is 0 Å². The smallest absolute Gasteiger partial charge is 0.326 e. The number of rotatable bonds is 7. The van der Waals surface area contributed by atoms with E-state index in [-0.39, 0.29) is 17.7 Å². The van der Waals surface area contributed by atoms with Crippen LogP contribution in [0.2, 0.25) is 0 Å². The first-order valence-electron chi connectivity index (χ1n) is 7.20. The maximum Gasteiger partial charge on any atom is 0.326 e. The molecule has 0 aliphatic rings. The van der Waals surface area contributed by atoms with Crippen LogP contribution in [0.1, 0.15) is 16.8 Å². The second-order valence-electron chi connectivity index (χ2n) is 5.03. The van der Waals surface area contributed by atoms with Crippen molar-refractivity contribution in [1.82, 2.24) is 5.32 Å². The standard InChI is InChI=1S/C17H16FNO4S/c18-13-6-4-5-12(11-13)16(20)19-15(17(21)22)9-10-24(23)14-7-2-1-3-8-14/h1-8,11,15H,9-10H2,(H,19,20)(H,21,22)/t15-,24+/m0/s1. The molecule has 0 spiro atoms. The number of halogens is 1. The highest BCUT2D eigenvalue weighted by Crippen LogP contribution is 2.09. The highest BCUT2D eigenvalue weighted by molar-refractivity contribution is 7.85.